The summed E-state index contributed by atoms with van der Waals surface area (Å²) in [5.74, 6) is 0.731. The van der Waals surface area contributed by atoms with Crippen molar-refractivity contribution in [1.82, 2.24) is 14.8 Å². The van der Waals surface area contributed by atoms with Crippen LogP contribution >= 0.6 is 11.6 Å². The highest BCUT2D eigenvalue weighted by atomic mass is 35.5. The first-order chi connectivity index (χ1) is 9.24. The average Bonchev–Trinajstić information content (AvgIpc) is 2.83. The zero-order chi connectivity index (χ0) is 13.2. The molecule has 0 saturated carbocycles. The molecule has 0 aliphatic carbocycles. The maximum atomic E-state index is 6.00. The first-order valence-corrected chi connectivity index (χ1v) is 6.14. The van der Waals surface area contributed by atoms with Crippen LogP contribution < -0.4 is 5.73 Å². The molecule has 2 heterocycles. The van der Waals surface area contributed by atoms with E-state index in [1.807, 2.05) is 42.5 Å². The maximum Gasteiger partial charge on any atom is 0.153 e. The highest BCUT2D eigenvalue weighted by Gasteiger charge is 2.09. The average molecular weight is 271 g/mol. The van der Waals surface area contributed by atoms with Crippen molar-refractivity contribution in [3.05, 3.63) is 59.9 Å². The number of halogens is 1. The Kier molecular flexibility index (Phi) is 2.93. The van der Waals surface area contributed by atoms with E-state index >= 15 is 0 Å². The van der Waals surface area contributed by atoms with Crippen LogP contribution in [0.3, 0.4) is 0 Å². The molecule has 94 valence electrons. The van der Waals surface area contributed by atoms with E-state index in [4.69, 9.17) is 17.3 Å². The van der Waals surface area contributed by atoms with Gasteiger partial charge < -0.3 is 5.73 Å². The molecule has 2 aromatic heterocycles. The molecule has 2 N–H and O–H groups in total. The quantitative estimate of drug-likeness (QED) is 0.778. The molecule has 0 unspecified atom stereocenters. The van der Waals surface area contributed by atoms with Crippen LogP contribution in [0, 0.1) is 0 Å². The van der Waals surface area contributed by atoms with Gasteiger partial charge in [-0.05, 0) is 24.3 Å². The molecule has 0 spiro atoms. The molecule has 0 fully saturated rings. The first-order valence-electron chi connectivity index (χ1n) is 5.76. The minimum Gasteiger partial charge on any atom is -0.396 e. The normalized spacial score (nSPS) is 10.6. The van der Waals surface area contributed by atoms with Gasteiger partial charge in [0, 0.05) is 16.8 Å². The van der Waals surface area contributed by atoms with E-state index in [1.54, 1.807) is 17.1 Å². The largest absolute Gasteiger partial charge is 0.396 e. The minimum absolute atomic E-state index is 0.605. The number of hydrogen-bond acceptors (Lipinski definition) is 3. The number of hydrogen-bond donors (Lipinski definition) is 1. The molecule has 19 heavy (non-hydrogen) atoms. The van der Waals surface area contributed by atoms with Crippen molar-refractivity contribution in [3.63, 3.8) is 0 Å². The summed E-state index contributed by atoms with van der Waals surface area (Å²) in [4.78, 5) is 4.24. The van der Waals surface area contributed by atoms with Crippen LogP contribution in [0.4, 0.5) is 5.69 Å². The molecule has 3 aromatic rings. The van der Waals surface area contributed by atoms with Gasteiger partial charge in [0.1, 0.15) is 5.69 Å². The Hall–Kier alpha value is -2.33. The van der Waals surface area contributed by atoms with Gasteiger partial charge in [-0.25, -0.2) is 9.67 Å². The molecule has 0 aliphatic heterocycles. The summed E-state index contributed by atoms with van der Waals surface area (Å²) in [6.45, 7) is 0. The van der Waals surface area contributed by atoms with Crippen molar-refractivity contribution < 1.29 is 0 Å². The van der Waals surface area contributed by atoms with Crippen molar-refractivity contribution in [1.29, 1.82) is 0 Å². The monoisotopic (exact) mass is 270 g/mol. The lowest BCUT2D eigenvalue weighted by atomic mass is 10.1. The van der Waals surface area contributed by atoms with E-state index in [1.165, 1.54) is 0 Å². The highest BCUT2D eigenvalue weighted by Crippen LogP contribution is 2.26. The fraction of sp³-hybridized carbons (Fsp3) is 0. The third kappa shape index (κ3) is 2.30. The van der Waals surface area contributed by atoms with Gasteiger partial charge in [-0.2, -0.15) is 5.10 Å². The van der Waals surface area contributed by atoms with Gasteiger partial charge in [0.15, 0.2) is 5.82 Å². The van der Waals surface area contributed by atoms with Gasteiger partial charge in [-0.3, -0.25) is 0 Å². The summed E-state index contributed by atoms with van der Waals surface area (Å²) in [5, 5.41) is 5.15. The Balaban J connectivity index is 2.05. The molecule has 1 aromatic carbocycles. The Morgan fingerprint density at radius 2 is 1.84 bits per heavy atom. The zero-order valence-electron chi connectivity index (χ0n) is 9.99. The standard InChI is InChI=1S/C14H11ClN4/c15-11-6-4-10(5-7-11)14-12(16)9-19(18-14)13-3-1-2-8-17-13/h1-9H,16H2. The number of rotatable bonds is 2. The molecule has 0 atom stereocenters. The second-order valence-corrected chi connectivity index (χ2v) is 4.51. The SMILES string of the molecule is Nc1cn(-c2ccccn2)nc1-c1ccc(Cl)cc1. The zero-order valence-corrected chi connectivity index (χ0v) is 10.7. The number of pyridine rings is 1. The summed E-state index contributed by atoms with van der Waals surface area (Å²) in [7, 11) is 0. The number of aromatic nitrogens is 3. The van der Waals surface area contributed by atoms with Crippen LogP contribution in [0.5, 0.6) is 0 Å². The number of benzene rings is 1. The van der Waals surface area contributed by atoms with Crippen molar-refractivity contribution in [2.45, 2.75) is 0 Å². The topological polar surface area (TPSA) is 56.7 Å². The summed E-state index contributed by atoms with van der Waals surface area (Å²) in [6, 6.07) is 13.1. The Morgan fingerprint density at radius 1 is 1.05 bits per heavy atom. The van der Waals surface area contributed by atoms with Crippen LogP contribution in [0.1, 0.15) is 0 Å². The van der Waals surface area contributed by atoms with Gasteiger partial charge in [-0.1, -0.05) is 29.8 Å². The van der Waals surface area contributed by atoms with Crippen LogP contribution in [-0.2, 0) is 0 Å². The molecule has 0 saturated heterocycles. The van der Waals surface area contributed by atoms with Crippen LogP contribution in [-0.4, -0.2) is 14.8 Å². The van der Waals surface area contributed by atoms with Crippen molar-refractivity contribution >= 4 is 17.3 Å². The molecular weight excluding hydrogens is 260 g/mol. The molecule has 0 radical (unpaired) electrons. The fourth-order valence-electron chi connectivity index (χ4n) is 1.83. The van der Waals surface area contributed by atoms with E-state index < -0.39 is 0 Å². The Morgan fingerprint density at radius 3 is 2.53 bits per heavy atom. The van der Waals surface area contributed by atoms with Gasteiger partial charge >= 0.3 is 0 Å². The molecule has 4 nitrogen and oxygen atoms in total. The van der Waals surface area contributed by atoms with Crippen LogP contribution in [0.15, 0.2) is 54.9 Å². The summed E-state index contributed by atoms with van der Waals surface area (Å²) in [6.07, 6.45) is 3.47. The van der Waals surface area contributed by atoms with Gasteiger partial charge in [-0.15, -0.1) is 0 Å². The lowest BCUT2D eigenvalue weighted by molar-refractivity contribution is 0.850. The maximum absolute atomic E-state index is 6.00. The van der Waals surface area contributed by atoms with Crippen molar-refractivity contribution in [2.75, 3.05) is 5.73 Å². The third-order valence-corrected chi connectivity index (χ3v) is 3.00. The second-order valence-electron chi connectivity index (χ2n) is 4.07. The number of anilines is 1. The van der Waals surface area contributed by atoms with Gasteiger partial charge in [0.2, 0.25) is 0 Å². The predicted octanol–water partition coefficient (Wildman–Crippen LogP) is 3.17. The Bertz CT molecular complexity index is 689. The molecule has 0 bridgehead atoms. The number of nitrogen functional groups attached to an aromatic ring is 1. The highest BCUT2D eigenvalue weighted by molar-refractivity contribution is 6.30. The summed E-state index contributed by atoms with van der Waals surface area (Å²) >= 11 is 5.87. The Labute approximate surface area is 115 Å². The van der Waals surface area contributed by atoms with E-state index in [-0.39, 0.29) is 0 Å². The first kappa shape index (κ1) is 11.7. The van der Waals surface area contributed by atoms with Crippen molar-refractivity contribution in [2.24, 2.45) is 0 Å². The molecule has 0 aliphatic rings. The van der Waals surface area contributed by atoms with Crippen LogP contribution in [0.2, 0.25) is 5.02 Å². The molecular formula is C14H11ClN4. The van der Waals surface area contributed by atoms with Gasteiger partial charge in [0.25, 0.3) is 0 Å². The second kappa shape index (κ2) is 4.74. The minimum atomic E-state index is 0.605. The molecule has 3 rings (SSSR count). The fourth-order valence-corrected chi connectivity index (χ4v) is 1.95. The molecule has 5 heteroatoms. The summed E-state index contributed by atoms with van der Waals surface area (Å²) < 4.78 is 1.67. The number of nitrogens with two attached hydrogens (primary N) is 1. The van der Waals surface area contributed by atoms with Crippen molar-refractivity contribution in [3.8, 4) is 17.1 Å². The van der Waals surface area contributed by atoms with E-state index in [0.717, 1.165) is 17.1 Å². The van der Waals surface area contributed by atoms with Gasteiger partial charge in [0.05, 0.1) is 11.9 Å². The number of nitrogens with zero attached hydrogens (tertiary/aromatic N) is 3. The van der Waals surface area contributed by atoms with E-state index in [9.17, 15) is 0 Å². The van der Waals surface area contributed by atoms with E-state index in [0.29, 0.717) is 10.7 Å². The lowest BCUT2D eigenvalue weighted by Crippen LogP contribution is -1.97. The predicted molar refractivity (Wildman–Crippen MR) is 76.2 cm³/mol. The van der Waals surface area contributed by atoms with E-state index in [2.05, 4.69) is 10.1 Å². The lowest BCUT2D eigenvalue weighted by Gasteiger charge is -1.99. The smallest absolute Gasteiger partial charge is 0.153 e. The molecule has 0 amide bonds. The summed E-state index contributed by atoms with van der Waals surface area (Å²) in [5.41, 5.74) is 8.26. The van der Waals surface area contributed by atoms with Crippen LogP contribution in [0.25, 0.3) is 17.1 Å². The third-order valence-electron chi connectivity index (χ3n) is 2.74.